The Balaban J connectivity index is 1.51. The lowest BCUT2D eigenvalue weighted by atomic mass is 10.1. The number of amides is 1. The van der Waals surface area contributed by atoms with Gasteiger partial charge in [-0.2, -0.15) is 0 Å². The Morgan fingerprint density at radius 1 is 1.43 bits per heavy atom. The summed E-state index contributed by atoms with van der Waals surface area (Å²) in [6.45, 7) is 4.54. The monoisotopic (exact) mass is 405 g/mol. The van der Waals surface area contributed by atoms with Crippen LogP contribution in [0.2, 0.25) is 5.02 Å². The van der Waals surface area contributed by atoms with E-state index in [2.05, 4.69) is 27.5 Å². The molecule has 6 nitrogen and oxygen atoms in total. The Hall–Kier alpha value is -2.25. The predicted octanol–water partition coefficient (Wildman–Crippen LogP) is 2.81. The van der Waals surface area contributed by atoms with Gasteiger partial charge in [-0.1, -0.05) is 24.6 Å². The molecule has 1 aliphatic rings. The maximum absolute atomic E-state index is 13.5. The summed E-state index contributed by atoms with van der Waals surface area (Å²) in [7, 11) is 0. The van der Waals surface area contributed by atoms with Crippen LogP contribution in [0.5, 0.6) is 0 Å². The number of benzene rings is 1. The largest absolute Gasteiger partial charge is 0.366 e. The van der Waals surface area contributed by atoms with Crippen molar-refractivity contribution in [2.24, 2.45) is 5.73 Å². The van der Waals surface area contributed by atoms with Gasteiger partial charge in [0.05, 0.1) is 11.1 Å². The van der Waals surface area contributed by atoms with Crippen LogP contribution in [0.1, 0.15) is 43.0 Å². The maximum Gasteiger partial charge on any atom is 0.237 e. The van der Waals surface area contributed by atoms with Crippen LogP contribution in [0.4, 0.5) is 10.2 Å². The van der Waals surface area contributed by atoms with Crippen molar-refractivity contribution >= 4 is 23.3 Å². The third kappa shape index (κ3) is 4.77. The van der Waals surface area contributed by atoms with E-state index >= 15 is 0 Å². The van der Waals surface area contributed by atoms with E-state index in [9.17, 15) is 9.18 Å². The number of nitrogens with one attached hydrogen (secondary N) is 2. The molecule has 0 fully saturated rings. The molecule has 0 bridgehead atoms. The van der Waals surface area contributed by atoms with Gasteiger partial charge in [0.15, 0.2) is 0 Å². The molecule has 1 aromatic carbocycles. The lowest BCUT2D eigenvalue weighted by Gasteiger charge is -2.20. The number of anilines is 1. The van der Waals surface area contributed by atoms with Crippen LogP contribution in [-0.4, -0.2) is 34.5 Å². The summed E-state index contributed by atoms with van der Waals surface area (Å²) in [5.41, 5.74) is 8.85. The van der Waals surface area contributed by atoms with Gasteiger partial charge < -0.3 is 16.4 Å². The zero-order valence-electron chi connectivity index (χ0n) is 16.0. The molecule has 3 atom stereocenters. The second kappa shape index (κ2) is 8.84. The number of aryl methyl sites for hydroxylation is 1. The van der Waals surface area contributed by atoms with E-state index in [0.717, 1.165) is 24.4 Å². The summed E-state index contributed by atoms with van der Waals surface area (Å²) in [5.74, 6) is 0.452. The number of hydrogen-bond donors (Lipinski definition) is 3. The first-order valence-electron chi connectivity index (χ1n) is 9.42. The van der Waals surface area contributed by atoms with Crippen molar-refractivity contribution in [3.8, 4) is 0 Å². The fraction of sp³-hybridized carbons (Fsp3) is 0.450. The van der Waals surface area contributed by atoms with E-state index in [4.69, 9.17) is 17.3 Å². The lowest BCUT2D eigenvalue weighted by Crippen LogP contribution is -2.45. The van der Waals surface area contributed by atoms with Crippen LogP contribution in [-0.2, 0) is 17.6 Å². The van der Waals surface area contributed by atoms with Crippen LogP contribution >= 0.6 is 11.6 Å². The van der Waals surface area contributed by atoms with E-state index < -0.39 is 11.9 Å². The molecule has 150 valence electrons. The van der Waals surface area contributed by atoms with Gasteiger partial charge in [0, 0.05) is 23.8 Å². The Kier molecular flexibility index (Phi) is 6.46. The summed E-state index contributed by atoms with van der Waals surface area (Å²) in [5, 5.41) is 6.25. The van der Waals surface area contributed by atoms with Crippen molar-refractivity contribution in [1.29, 1.82) is 0 Å². The van der Waals surface area contributed by atoms with E-state index in [1.54, 1.807) is 12.4 Å². The SMILES string of the molecule is C[C@@H]1CCc2ncnc(N[C@@H](C)CNC(=O)[C@H](N)Cc3ccc(Cl)c(F)c3)c21. The Morgan fingerprint density at radius 2 is 2.21 bits per heavy atom. The lowest BCUT2D eigenvalue weighted by molar-refractivity contribution is -0.122. The minimum atomic E-state index is -0.768. The summed E-state index contributed by atoms with van der Waals surface area (Å²) < 4.78 is 13.5. The van der Waals surface area contributed by atoms with E-state index in [1.807, 2.05) is 6.92 Å². The van der Waals surface area contributed by atoms with Crippen molar-refractivity contribution < 1.29 is 9.18 Å². The molecule has 2 aromatic rings. The fourth-order valence-corrected chi connectivity index (χ4v) is 3.56. The van der Waals surface area contributed by atoms with Gasteiger partial charge in [-0.25, -0.2) is 14.4 Å². The first-order chi connectivity index (χ1) is 13.3. The summed E-state index contributed by atoms with van der Waals surface area (Å²) in [6, 6.07) is 3.63. The molecule has 28 heavy (non-hydrogen) atoms. The minimum absolute atomic E-state index is 0.0315. The number of nitrogens with two attached hydrogens (primary N) is 1. The first-order valence-corrected chi connectivity index (χ1v) is 9.80. The molecule has 3 rings (SSSR count). The molecule has 1 amide bonds. The number of carbonyl (C=O) groups is 1. The molecule has 1 heterocycles. The highest BCUT2D eigenvalue weighted by molar-refractivity contribution is 6.30. The molecule has 0 radical (unpaired) electrons. The zero-order valence-corrected chi connectivity index (χ0v) is 16.8. The molecule has 0 saturated heterocycles. The van der Waals surface area contributed by atoms with Crippen LogP contribution in [0, 0.1) is 5.82 Å². The van der Waals surface area contributed by atoms with Gasteiger partial charge in [0.25, 0.3) is 0 Å². The number of fused-ring (bicyclic) bond motifs is 1. The van der Waals surface area contributed by atoms with Crippen LogP contribution in [0.15, 0.2) is 24.5 Å². The molecule has 4 N–H and O–H groups in total. The van der Waals surface area contributed by atoms with Crippen molar-refractivity contribution in [3.63, 3.8) is 0 Å². The highest BCUT2D eigenvalue weighted by atomic mass is 35.5. The highest BCUT2D eigenvalue weighted by Gasteiger charge is 2.24. The predicted molar refractivity (Wildman–Crippen MR) is 108 cm³/mol. The van der Waals surface area contributed by atoms with Crippen molar-refractivity contribution in [2.45, 2.75) is 51.1 Å². The number of carbonyl (C=O) groups excluding carboxylic acids is 1. The molecule has 1 aromatic heterocycles. The van der Waals surface area contributed by atoms with Crippen LogP contribution in [0.3, 0.4) is 0 Å². The molecule has 0 unspecified atom stereocenters. The number of aromatic nitrogens is 2. The molecule has 0 aliphatic heterocycles. The quantitative estimate of drug-likeness (QED) is 0.658. The normalized spacial score (nSPS) is 17.7. The second-order valence-electron chi connectivity index (χ2n) is 7.37. The Bertz CT molecular complexity index is 862. The molecule has 1 aliphatic carbocycles. The van der Waals surface area contributed by atoms with Crippen molar-refractivity contribution in [1.82, 2.24) is 15.3 Å². The number of nitrogens with zero attached hydrogens (tertiary/aromatic N) is 2. The fourth-order valence-electron chi connectivity index (χ4n) is 3.44. The summed E-state index contributed by atoms with van der Waals surface area (Å²) in [6.07, 6.45) is 3.86. The topological polar surface area (TPSA) is 92.9 Å². The third-order valence-corrected chi connectivity index (χ3v) is 5.32. The Morgan fingerprint density at radius 3 is 2.96 bits per heavy atom. The van der Waals surface area contributed by atoms with Gasteiger partial charge in [-0.15, -0.1) is 0 Å². The molecule has 8 heteroatoms. The van der Waals surface area contributed by atoms with E-state index in [1.165, 1.54) is 17.7 Å². The molecular weight excluding hydrogens is 381 g/mol. The molecular formula is C20H25ClFN5O. The van der Waals surface area contributed by atoms with Gasteiger partial charge in [-0.3, -0.25) is 4.79 Å². The second-order valence-corrected chi connectivity index (χ2v) is 7.78. The highest BCUT2D eigenvalue weighted by Crippen LogP contribution is 2.35. The van der Waals surface area contributed by atoms with E-state index in [0.29, 0.717) is 18.0 Å². The van der Waals surface area contributed by atoms with Crippen LogP contribution in [0.25, 0.3) is 0 Å². The van der Waals surface area contributed by atoms with Gasteiger partial charge in [0.2, 0.25) is 5.91 Å². The zero-order chi connectivity index (χ0) is 20.3. The maximum atomic E-state index is 13.5. The summed E-state index contributed by atoms with van der Waals surface area (Å²) >= 11 is 5.67. The number of hydrogen-bond acceptors (Lipinski definition) is 5. The number of halogens is 2. The average Bonchev–Trinajstić information content (AvgIpc) is 3.05. The smallest absolute Gasteiger partial charge is 0.237 e. The molecule has 0 saturated carbocycles. The van der Waals surface area contributed by atoms with E-state index in [-0.39, 0.29) is 23.4 Å². The average molecular weight is 406 g/mol. The summed E-state index contributed by atoms with van der Waals surface area (Å²) in [4.78, 5) is 21.0. The minimum Gasteiger partial charge on any atom is -0.366 e. The van der Waals surface area contributed by atoms with Crippen molar-refractivity contribution in [3.05, 3.63) is 52.2 Å². The molecule has 0 spiro atoms. The standard InChI is InChI=1S/C20H25ClFN5O/c1-11-3-6-17-18(11)19(26-10-25-17)27-12(2)9-24-20(28)16(23)8-13-4-5-14(21)15(22)7-13/h4-5,7,10-12,16H,3,6,8-9,23H2,1-2H3,(H,24,28)(H,25,26,27)/t11-,12+,16-/m1/s1. The Labute approximate surface area is 169 Å². The van der Waals surface area contributed by atoms with Crippen molar-refractivity contribution in [2.75, 3.05) is 11.9 Å². The third-order valence-electron chi connectivity index (χ3n) is 5.02. The van der Waals surface area contributed by atoms with Crippen LogP contribution < -0.4 is 16.4 Å². The van der Waals surface area contributed by atoms with Gasteiger partial charge >= 0.3 is 0 Å². The first kappa shape index (κ1) is 20.5. The van der Waals surface area contributed by atoms with Gasteiger partial charge in [-0.05, 0) is 49.8 Å². The number of rotatable bonds is 7. The van der Waals surface area contributed by atoms with Gasteiger partial charge in [0.1, 0.15) is 18.0 Å².